The highest BCUT2D eigenvalue weighted by atomic mass is 79.9. The molecule has 0 saturated heterocycles. The Bertz CT molecular complexity index is 506. The van der Waals surface area contributed by atoms with Crippen molar-refractivity contribution in [1.82, 2.24) is 10.6 Å². The van der Waals surface area contributed by atoms with Gasteiger partial charge in [0.2, 0.25) is 5.91 Å². The van der Waals surface area contributed by atoms with Crippen molar-refractivity contribution >= 4 is 39.3 Å². The maximum absolute atomic E-state index is 12.2. The molecule has 1 unspecified atom stereocenters. The molecule has 20 heavy (non-hydrogen) atoms. The van der Waals surface area contributed by atoms with Crippen molar-refractivity contribution in [2.75, 3.05) is 7.05 Å². The van der Waals surface area contributed by atoms with Gasteiger partial charge in [-0.3, -0.25) is 9.59 Å². The van der Waals surface area contributed by atoms with Crippen LogP contribution < -0.4 is 10.6 Å². The molecular weight excluding hydrogens is 344 g/mol. The number of carbonyl (C=O) groups is 2. The van der Waals surface area contributed by atoms with Crippen LogP contribution in [0.3, 0.4) is 0 Å². The van der Waals surface area contributed by atoms with E-state index in [1.54, 1.807) is 25.2 Å². The van der Waals surface area contributed by atoms with Crippen LogP contribution in [0.4, 0.5) is 0 Å². The second-order valence-corrected chi connectivity index (χ2v) is 6.16. The molecule has 1 rings (SSSR count). The Kier molecular flexibility index (Phi) is 6.49. The third-order valence-corrected chi connectivity index (χ3v) is 3.99. The van der Waals surface area contributed by atoms with Gasteiger partial charge < -0.3 is 10.6 Å². The van der Waals surface area contributed by atoms with E-state index in [1.807, 2.05) is 13.8 Å². The lowest BCUT2D eigenvalue weighted by atomic mass is 10.0. The van der Waals surface area contributed by atoms with Gasteiger partial charge in [-0.1, -0.05) is 25.4 Å². The van der Waals surface area contributed by atoms with Gasteiger partial charge in [-0.05, 0) is 46.5 Å². The first-order valence-corrected chi connectivity index (χ1v) is 7.49. The number of nitrogens with one attached hydrogen (secondary N) is 2. The summed E-state index contributed by atoms with van der Waals surface area (Å²) in [5.74, 6) is -0.213. The SMILES string of the molecule is CNC(=O)C(CC(C)C)NC(=O)c1ccc(Br)c(Cl)c1. The number of halogens is 2. The Hall–Kier alpha value is -1.07. The molecule has 1 aromatic carbocycles. The van der Waals surface area contributed by atoms with Gasteiger partial charge in [0.25, 0.3) is 5.91 Å². The van der Waals surface area contributed by atoms with Crippen LogP contribution in [0, 0.1) is 5.92 Å². The van der Waals surface area contributed by atoms with Gasteiger partial charge >= 0.3 is 0 Å². The Morgan fingerprint density at radius 3 is 2.50 bits per heavy atom. The van der Waals surface area contributed by atoms with Gasteiger partial charge in [0.1, 0.15) is 6.04 Å². The van der Waals surface area contributed by atoms with Gasteiger partial charge in [0, 0.05) is 17.1 Å². The van der Waals surface area contributed by atoms with E-state index in [4.69, 9.17) is 11.6 Å². The second kappa shape index (κ2) is 7.64. The fourth-order valence-electron chi connectivity index (χ4n) is 1.76. The highest BCUT2D eigenvalue weighted by Crippen LogP contribution is 2.23. The lowest BCUT2D eigenvalue weighted by molar-refractivity contribution is -0.122. The number of carbonyl (C=O) groups excluding carboxylic acids is 2. The van der Waals surface area contributed by atoms with Crippen LogP contribution in [-0.2, 0) is 4.79 Å². The lowest BCUT2D eigenvalue weighted by Crippen LogP contribution is -2.46. The molecule has 6 heteroatoms. The number of rotatable bonds is 5. The molecule has 0 spiro atoms. The minimum Gasteiger partial charge on any atom is -0.357 e. The molecule has 1 atom stereocenters. The first-order chi connectivity index (χ1) is 9.35. The average Bonchev–Trinajstić information content (AvgIpc) is 2.39. The van der Waals surface area contributed by atoms with Crippen LogP contribution in [0.1, 0.15) is 30.6 Å². The normalized spacial score (nSPS) is 12.1. The summed E-state index contributed by atoms with van der Waals surface area (Å²) in [6.45, 7) is 4.00. The predicted octanol–water partition coefficient (Wildman–Crippen LogP) is 2.99. The van der Waals surface area contributed by atoms with E-state index in [-0.39, 0.29) is 11.8 Å². The van der Waals surface area contributed by atoms with E-state index in [1.165, 1.54) is 0 Å². The summed E-state index contributed by atoms with van der Waals surface area (Å²) in [5, 5.41) is 5.75. The maximum atomic E-state index is 12.2. The number of benzene rings is 1. The van der Waals surface area contributed by atoms with E-state index >= 15 is 0 Å². The monoisotopic (exact) mass is 360 g/mol. The first-order valence-electron chi connectivity index (χ1n) is 6.32. The van der Waals surface area contributed by atoms with Crippen molar-refractivity contribution in [2.45, 2.75) is 26.3 Å². The molecule has 0 radical (unpaired) electrons. The molecule has 0 aliphatic heterocycles. The van der Waals surface area contributed by atoms with Crippen LogP contribution in [0.5, 0.6) is 0 Å². The molecule has 0 heterocycles. The molecule has 0 fully saturated rings. The molecule has 1 aromatic rings. The number of hydrogen-bond donors (Lipinski definition) is 2. The third-order valence-electron chi connectivity index (χ3n) is 2.76. The second-order valence-electron chi connectivity index (χ2n) is 4.90. The summed E-state index contributed by atoms with van der Waals surface area (Å²) in [6, 6.07) is 4.38. The fourth-order valence-corrected chi connectivity index (χ4v) is 2.18. The Balaban J connectivity index is 2.84. The summed E-state index contributed by atoms with van der Waals surface area (Å²) in [7, 11) is 1.55. The van der Waals surface area contributed by atoms with Crippen molar-refractivity contribution in [3.63, 3.8) is 0 Å². The fraction of sp³-hybridized carbons (Fsp3) is 0.429. The van der Waals surface area contributed by atoms with E-state index in [0.29, 0.717) is 22.9 Å². The third kappa shape index (κ3) is 4.80. The number of amides is 2. The van der Waals surface area contributed by atoms with Crippen molar-refractivity contribution in [2.24, 2.45) is 5.92 Å². The van der Waals surface area contributed by atoms with Gasteiger partial charge in [0.05, 0.1) is 5.02 Å². The van der Waals surface area contributed by atoms with E-state index < -0.39 is 6.04 Å². The smallest absolute Gasteiger partial charge is 0.251 e. The summed E-state index contributed by atoms with van der Waals surface area (Å²) in [5.41, 5.74) is 0.427. The molecule has 0 aliphatic carbocycles. The first kappa shape index (κ1) is 17.0. The van der Waals surface area contributed by atoms with Crippen molar-refractivity contribution in [3.05, 3.63) is 33.3 Å². The minimum atomic E-state index is -0.546. The summed E-state index contributed by atoms with van der Waals surface area (Å²) >= 11 is 9.23. The van der Waals surface area contributed by atoms with Crippen molar-refractivity contribution < 1.29 is 9.59 Å². The van der Waals surface area contributed by atoms with Gasteiger partial charge in [0.15, 0.2) is 0 Å². The standard InChI is InChI=1S/C14H18BrClN2O2/c1-8(2)6-12(14(20)17-3)18-13(19)9-4-5-10(15)11(16)7-9/h4-5,7-8,12H,6H2,1-3H3,(H,17,20)(H,18,19). The van der Waals surface area contributed by atoms with E-state index in [2.05, 4.69) is 26.6 Å². The van der Waals surface area contributed by atoms with Gasteiger partial charge in [-0.15, -0.1) is 0 Å². The van der Waals surface area contributed by atoms with Crippen molar-refractivity contribution in [1.29, 1.82) is 0 Å². The lowest BCUT2D eigenvalue weighted by Gasteiger charge is -2.19. The summed E-state index contributed by atoms with van der Waals surface area (Å²) in [4.78, 5) is 23.9. The number of hydrogen-bond acceptors (Lipinski definition) is 2. The maximum Gasteiger partial charge on any atom is 0.251 e. The average molecular weight is 362 g/mol. The molecule has 0 bridgehead atoms. The zero-order valence-corrected chi connectivity index (χ0v) is 14.0. The molecule has 4 nitrogen and oxygen atoms in total. The van der Waals surface area contributed by atoms with Crippen molar-refractivity contribution in [3.8, 4) is 0 Å². The minimum absolute atomic E-state index is 0.199. The number of likely N-dealkylation sites (N-methyl/N-ethyl adjacent to an activating group) is 1. The zero-order valence-electron chi connectivity index (χ0n) is 11.7. The topological polar surface area (TPSA) is 58.2 Å². The highest BCUT2D eigenvalue weighted by molar-refractivity contribution is 9.10. The van der Waals surface area contributed by atoms with E-state index in [9.17, 15) is 9.59 Å². The van der Waals surface area contributed by atoms with Crippen LogP contribution in [0.25, 0.3) is 0 Å². The van der Waals surface area contributed by atoms with Crippen LogP contribution in [0.15, 0.2) is 22.7 Å². The molecule has 0 saturated carbocycles. The molecule has 2 amide bonds. The Morgan fingerprint density at radius 1 is 1.35 bits per heavy atom. The molecule has 110 valence electrons. The molecule has 0 aromatic heterocycles. The van der Waals surface area contributed by atoms with Gasteiger partial charge in [-0.25, -0.2) is 0 Å². The highest BCUT2D eigenvalue weighted by Gasteiger charge is 2.21. The largest absolute Gasteiger partial charge is 0.357 e. The quantitative estimate of drug-likeness (QED) is 0.847. The molecule has 2 N–H and O–H groups in total. The summed E-state index contributed by atoms with van der Waals surface area (Å²) in [6.07, 6.45) is 0.579. The summed E-state index contributed by atoms with van der Waals surface area (Å²) < 4.78 is 0.723. The van der Waals surface area contributed by atoms with Crippen LogP contribution in [-0.4, -0.2) is 24.9 Å². The Morgan fingerprint density at radius 2 is 2.00 bits per heavy atom. The predicted molar refractivity (Wildman–Crippen MR) is 83.9 cm³/mol. The molecular formula is C14H18BrClN2O2. The zero-order chi connectivity index (χ0) is 15.3. The molecule has 0 aliphatic rings. The van der Waals surface area contributed by atoms with Gasteiger partial charge in [-0.2, -0.15) is 0 Å². The Labute approximate surface area is 132 Å². The van der Waals surface area contributed by atoms with Crippen LogP contribution >= 0.6 is 27.5 Å². The van der Waals surface area contributed by atoms with E-state index in [0.717, 1.165) is 4.47 Å². The van der Waals surface area contributed by atoms with Crippen LogP contribution in [0.2, 0.25) is 5.02 Å².